The van der Waals surface area contributed by atoms with Gasteiger partial charge < -0.3 is 20.5 Å². The molecule has 1 aromatic carbocycles. The lowest BCUT2D eigenvalue weighted by Crippen LogP contribution is -2.58. The molecule has 9 nitrogen and oxygen atoms in total. The van der Waals surface area contributed by atoms with Crippen LogP contribution in [0.3, 0.4) is 0 Å². The van der Waals surface area contributed by atoms with Gasteiger partial charge in [0.25, 0.3) is 5.91 Å². The molecule has 2 heterocycles. The Morgan fingerprint density at radius 2 is 2.14 bits per heavy atom. The van der Waals surface area contributed by atoms with E-state index in [4.69, 9.17) is 16.3 Å². The van der Waals surface area contributed by atoms with Crippen LogP contribution in [0.1, 0.15) is 36.3 Å². The largest absolute Gasteiger partial charge is 0.508 e. The minimum Gasteiger partial charge on any atom is -0.508 e. The van der Waals surface area contributed by atoms with Gasteiger partial charge in [0.1, 0.15) is 5.75 Å². The molecule has 29 heavy (non-hydrogen) atoms. The zero-order valence-electron chi connectivity index (χ0n) is 16.2. The zero-order chi connectivity index (χ0) is 21.0. The first-order chi connectivity index (χ1) is 13.8. The van der Waals surface area contributed by atoms with Crippen molar-refractivity contribution in [3.05, 3.63) is 40.7 Å². The minimum atomic E-state index is -0.710. The van der Waals surface area contributed by atoms with Crippen LogP contribution in [0.2, 0.25) is 5.02 Å². The van der Waals surface area contributed by atoms with Crippen LogP contribution in [0.15, 0.2) is 24.4 Å². The molecule has 0 radical (unpaired) electrons. The summed E-state index contributed by atoms with van der Waals surface area (Å²) in [4.78, 5) is 25.5. The first-order valence-electron chi connectivity index (χ1n) is 9.29. The zero-order valence-corrected chi connectivity index (χ0v) is 17.0. The molecule has 4 N–H and O–H groups in total. The Morgan fingerprint density at radius 3 is 2.86 bits per heavy atom. The molecular weight excluding hydrogens is 398 g/mol. The third kappa shape index (κ3) is 5.24. The lowest BCUT2D eigenvalue weighted by Gasteiger charge is -2.35. The van der Waals surface area contributed by atoms with Gasteiger partial charge in [-0.05, 0) is 24.6 Å². The van der Waals surface area contributed by atoms with Crippen molar-refractivity contribution < 1.29 is 19.4 Å². The van der Waals surface area contributed by atoms with Crippen LogP contribution in [0, 0.1) is 5.41 Å². The van der Waals surface area contributed by atoms with E-state index in [0.717, 1.165) is 0 Å². The van der Waals surface area contributed by atoms with Crippen molar-refractivity contribution in [2.75, 3.05) is 13.2 Å². The van der Waals surface area contributed by atoms with Crippen molar-refractivity contribution in [3.63, 3.8) is 0 Å². The molecule has 2 atom stereocenters. The number of halogens is 1. The highest BCUT2D eigenvalue weighted by Crippen LogP contribution is 2.23. The lowest BCUT2D eigenvalue weighted by molar-refractivity contribution is -0.131. The maximum Gasteiger partial charge on any atom is 0.253 e. The molecule has 1 aliphatic heterocycles. The van der Waals surface area contributed by atoms with Gasteiger partial charge in [-0.25, -0.2) is 0 Å². The van der Waals surface area contributed by atoms with E-state index >= 15 is 0 Å². The number of ether oxygens (including phenoxy) is 1. The van der Waals surface area contributed by atoms with Gasteiger partial charge in [-0.2, -0.15) is 15.4 Å². The summed E-state index contributed by atoms with van der Waals surface area (Å²) in [6.45, 7) is 4.40. The third-order valence-electron chi connectivity index (χ3n) is 4.89. The lowest BCUT2D eigenvalue weighted by atomic mass is 9.86. The fourth-order valence-corrected chi connectivity index (χ4v) is 3.40. The van der Waals surface area contributed by atoms with Gasteiger partial charge in [-0.1, -0.05) is 25.4 Å². The Morgan fingerprint density at radius 1 is 1.34 bits per heavy atom. The Bertz CT molecular complexity index is 871. The number of hydrogen-bond acceptors (Lipinski definition) is 6. The summed E-state index contributed by atoms with van der Waals surface area (Å²) in [5.74, 6) is -0.650. The van der Waals surface area contributed by atoms with Gasteiger partial charge in [0.15, 0.2) is 0 Å². The van der Waals surface area contributed by atoms with Gasteiger partial charge in [0.2, 0.25) is 5.91 Å². The number of benzene rings is 1. The molecular formula is C19H24ClN5O4. The summed E-state index contributed by atoms with van der Waals surface area (Å²) in [6, 6.07) is 3.43. The van der Waals surface area contributed by atoms with E-state index in [0.29, 0.717) is 25.1 Å². The van der Waals surface area contributed by atoms with Crippen molar-refractivity contribution in [2.24, 2.45) is 5.41 Å². The summed E-state index contributed by atoms with van der Waals surface area (Å²) < 4.78 is 5.48. The topological polar surface area (TPSA) is 129 Å². The van der Waals surface area contributed by atoms with Crippen molar-refractivity contribution in [1.29, 1.82) is 0 Å². The minimum absolute atomic E-state index is 0.0566. The molecule has 1 aromatic heterocycles. The number of H-pyrrole nitrogens is 1. The molecule has 10 heteroatoms. The van der Waals surface area contributed by atoms with Crippen molar-refractivity contribution >= 4 is 23.4 Å². The molecule has 2 amide bonds. The average molecular weight is 422 g/mol. The monoisotopic (exact) mass is 421 g/mol. The molecule has 0 bridgehead atoms. The first-order valence-corrected chi connectivity index (χ1v) is 9.67. The third-order valence-corrected chi connectivity index (χ3v) is 5.22. The molecule has 1 aliphatic rings. The molecule has 1 fully saturated rings. The number of nitrogens with one attached hydrogen (secondary N) is 3. The second-order valence-electron chi connectivity index (χ2n) is 7.71. The molecule has 0 saturated carbocycles. The number of hydrogen-bond donors (Lipinski definition) is 4. The standard InChI is InChI=1S/C19H24ClN5O4/c1-19(2,8-11-9-21-25-24-11)18(28)23-15-5-6-29-10-16(15)22-17(27)13-7-12(26)3-4-14(13)20/h3-4,7,9,15-16,26H,5-6,8,10H2,1-2H3,(H,22,27)(H,23,28)(H,21,24,25)/t15-,16+/m1/s1. The Hall–Kier alpha value is -2.65. The molecule has 156 valence electrons. The SMILES string of the molecule is CC(C)(Cc1cn[nH]n1)C(=O)N[C@@H]1CCOC[C@@H]1NC(=O)c1cc(O)ccc1Cl. The van der Waals surface area contributed by atoms with Crippen LogP contribution in [-0.2, 0) is 16.0 Å². The highest BCUT2D eigenvalue weighted by Gasteiger charge is 2.35. The molecule has 0 spiro atoms. The van der Waals surface area contributed by atoms with E-state index in [2.05, 4.69) is 26.0 Å². The number of nitrogens with zero attached hydrogens (tertiary/aromatic N) is 2. The molecule has 1 saturated heterocycles. The van der Waals surface area contributed by atoms with E-state index in [9.17, 15) is 14.7 Å². The Balaban J connectivity index is 1.67. The number of amides is 2. The van der Waals surface area contributed by atoms with Crippen molar-refractivity contribution in [1.82, 2.24) is 26.0 Å². The van der Waals surface area contributed by atoms with Crippen LogP contribution in [0.25, 0.3) is 0 Å². The van der Waals surface area contributed by atoms with Crippen LogP contribution in [-0.4, -0.2) is 57.6 Å². The van der Waals surface area contributed by atoms with Gasteiger partial charge >= 0.3 is 0 Å². The fraction of sp³-hybridized carbons (Fsp3) is 0.474. The second kappa shape index (κ2) is 8.79. The summed E-state index contributed by atoms with van der Waals surface area (Å²) in [5, 5.41) is 26.1. The summed E-state index contributed by atoms with van der Waals surface area (Å²) in [7, 11) is 0. The second-order valence-corrected chi connectivity index (χ2v) is 8.12. The summed E-state index contributed by atoms with van der Waals surface area (Å²) >= 11 is 6.07. The fourth-order valence-electron chi connectivity index (χ4n) is 3.19. The number of rotatable bonds is 6. The number of aromatic nitrogens is 3. The van der Waals surface area contributed by atoms with E-state index in [1.165, 1.54) is 18.2 Å². The van der Waals surface area contributed by atoms with E-state index in [1.54, 1.807) is 6.20 Å². The predicted octanol–water partition coefficient (Wildman–Crippen LogP) is 1.44. The highest BCUT2D eigenvalue weighted by atomic mass is 35.5. The van der Waals surface area contributed by atoms with E-state index in [1.807, 2.05) is 13.8 Å². The summed E-state index contributed by atoms with van der Waals surface area (Å²) in [5.41, 5.74) is 0.146. The van der Waals surface area contributed by atoms with Crippen LogP contribution < -0.4 is 10.6 Å². The van der Waals surface area contributed by atoms with Gasteiger partial charge in [-0.3, -0.25) is 9.59 Å². The Kier molecular flexibility index (Phi) is 6.39. The van der Waals surface area contributed by atoms with Crippen LogP contribution in [0.5, 0.6) is 5.75 Å². The number of phenols is 1. The molecule has 2 aromatic rings. The van der Waals surface area contributed by atoms with E-state index in [-0.39, 0.29) is 34.9 Å². The van der Waals surface area contributed by atoms with Crippen LogP contribution in [0.4, 0.5) is 0 Å². The predicted molar refractivity (Wildman–Crippen MR) is 106 cm³/mol. The van der Waals surface area contributed by atoms with Gasteiger partial charge in [0, 0.05) is 18.4 Å². The Labute approximate surface area is 173 Å². The maximum atomic E-state index is 12.9. The number of aromatic amines is 1. The number of carbonyl (C=O) groups is 2. The highest BCUT2D eigenvalue weighted by molar-refractivity contribution is 6.33. The van der Waals surface area contributed by atoms with Crippen molar-refractivity contribution in [3.8, 4) is 5.75 Å². The van der Waals surface area contributed by atoms with Crippen LogP contribution >= 0.6 is 11.6 Å². The number of phenolic OH excluding ortho intramolecular Hbond substituents is 1. The first kappa shape index (κ1) is 21.1. The van der Waals surface area contributed by atoms with Gasteiger partial charge in [-0.15, -0.1) is 0 Å². The molecule has 0 aliphatic carbocycles. The van der Waals surface area contributed by atoms with E-state index < -0.39 is 17.4 Å². The number of aromatic hydroxyl groups is 1. The molecule has 0 unspecified atom stereocenters. The maximum absolute atomic E-state index is 12.9. The average Bonchev–Trinajstić information content (AvgIpc) is 3.17. The molecule has 3 rings (SSSR count). The van der Waals surface area contributed by atoms with Gasteiger partial charge in [0.05, 0.1) is 41.2 Å². The number of carbonyl (C=O) groups excluding carboxylic acids is 2. The normalized spacial score (nSPS) is 19.6. The quantitative estimate of drug-likeness (QED) is 0.558. The van der Waals surface area contributed by atoms with Crippen molar-refractivity contribution in [2.45, 2.75) is 38.8 Å². The smallest absolute Gasteiger partial charge is 0.253 e. The summed E-state index contributed by atoms with van der Waals surface area (Å²) in [6.07, 6.45) is 2.57.